The Hall–Kier alpha value is 0.1000. The van der Waals surface area contributed by atoms with E-state index < -0.39 is 0 Å². The summed E-state index contributed by atoms with van der Waals surface area (Å²) in [7, 11) is 0. The van der Waals surface area contributed by atoms with Crippen molar-refractivity contribution < 1.29 is 0 Å². The number of hydrogen-bond acceptors (Lipinski definition) is 3. The molecule has 0 saturated carbocycles. The van der Waals surface area contributed by atoms with Crippen LogP contribution in [0.1, 0.15) is 37.6 Å². The fraction of sp³-hybridized carbons (Fsp3) is 0.692. The minimum Gasteiger partial charge on any atom is -0.329 e. The van der Waals surface area contributed by atoms with Gasteiger partial charge in [0.2, 0.25) is 0 Å². The van der Waals surface area contributed by atoms with Gasteiger partial charge in [0, 0.05) is 27.3 Å². The van der Waals surface area contributed by atoms with Crippen molar-refractivity contribution in [3.63, 3.8) is 0 Å². The molecule has 0 amide bonds. The van der Waals surface area contributed by atoms with Gasteiger partial charge in [-0.25, -0.2) is 0 Å². The SMILES string of the molecule is CC1CCCN(C(CN)c2cc(Br)cs2)C1C. The third-order valence-corrected chi connectivity index (χ3v) is 5.76. The van der Waals surface area contributed by atoms with E-state index in [-0.39, 0.29) is 0 Å². The van der Waals surface area contributed by atoms with Crippen molar-refractivity contribution in [2.45, 2.75) is 38.8 Å². The maximum absolute atomic E-state index is 6.00. The van der Waals surface area contributed by atoms with Gasteiger partial charge in [-0.15, -0.1) is 11.3 Å². The number of halogens is 1. The Labute approximate surface area is 116 Å². The summed E-state index contributed by atoms with van der Waals surface area (Å²) >= 11 is 5.34. The first-order chi connectivity index (χ1) is 8.13. The molecule has 1 aliphatic rings. The van der Waals surface area contributed by atoms with Crippen LogP contribution in [0.5, 0.6) is 0 Å². The second-order valence-electron chi connectivity index (χ2n) is 5.02. The van der Waals surface area contributed by atoms with Gasteiger partial charge < -0.3 is 5.73 Å². The second-order valence-corrected chi connectivity index (χ2v) is 6.88. The van der Waals surface area contributed by atoms with Crippen LogP contribution in [0.25, 0.3) is 0 Å². The summed E-state index contributed by atoms with van der Waals surface area (Å²) in [6.45, 7) is 6.59. The van der Waals surface area contributed by atoms with Gasteiger partial charge in [0.25, 0.3) is 0 Å². The van der Waals surface area contributed by atoms with Crippen LogP contribution in [0.4, 0.5) is 0 Å². The lowest BCUT2D eigenvalue weighted by atomic mass is 9.90. The van der Waals surface area contributed by atoms with Crippen molar-refractivity contribution in [2.75, 3.05) is 13.1 Å². The van der Waals surface area contributed by atoms with Crippen molar-refractivity contribution in [3.05, 3.63) is 20.8 Å². The summed E-state index contributed by atoms with van der Waals surface area (Å²) in [5.41, 5.74) is 6.00. The van der Waals surface area contributed by atoms with Crippen LogP contribution in [0.3, 0.4) is 0 Å². The molecule has 3 unspecified atom stereocenters. The summed E-state index contributed by atoms with van der Waals surface area (Å²) in [4.78, 5) is 3.98. The standard InChI is InChI=1S/C13H21BrN2S/c1-9-4-3-5-16(10(9)2)12(7-15)13-6-11(14)8-17-13/h6,8-10,12H,3-5,7,15H2,1-2H3. The molecule has 3 atom stereocenters. The Bertz CT molecular complexity index is 366. The average Bonchev–Trinajstić information content (AvgIpc) is 2.72. The van der Waals surface area contributed by atoms with Crippen LogP contribution in [0.2, 0.25) is 0 Å². The van der Waals surface area contributed by atoms with Gasteiger partial charge in [0.05, 0.1) is 6.04 Å². The van der Waals surface area contributed by atoms with E-state index in [1.807, 2.05) is 11.3 Å². The predicted octanol–water partition coefficient (Wildman–Crippen LogP) is 3.63. The molecular weight excluding hydrogens is 296 g/mol. The van der Waals surface area contributed by atoms with E-state index in [0.29, 0.717) is 18.6 Å². The highest BCUT2D eigenvalue weighted by Gasteiger charge is 2.30. The lowest BCUT2D eigenvalue weighted by molar-refractivity contribution is 0.0724. The summed E-state index contributed by atoms with van der Waals surface area (Å²) in [5.74, 6) is 0.779. The molecule has 2 heterocycles. The van der Waals surface area contributed by atoms with E-state index >= 15 is 0 Å². The maximum atomic E-state index is 6.00. The minimum atomic E-state index is 0.393. The molecule has 1 aromatic rings. The van der Waals surface area contributed by atoms with Crippen LogP contribution < -0.4 is 5.73 Å². The molecule has 0 radical (unpaired) electrons. The van der Waals surface area contributed by atoms with Crippen molar-refractivity contribution in [1.29, 1.82) is 0 Å². The van der Waals surface area contributed by atoms with Crippen molar-refractivity contribution >= 4 is 27.3 Å². The van der Waals surface area contributed by atoms with Crippen molar-refractivity contribution in [2.24, 2.45) is 11.7 Å². The lowest BCUT2D eigenvalue weighted by Gasteiger charge is -2.42. The van der Waals surface area contributed by atoms with Crippen LogP contribution in [0, 0.1) is 5.92 Å². The van der Waals surface area contributed by atoms with Gasteiger partial charge in [-0.2, -0.15) is 0 Å². The van der Waals surface area contributed by atoms with Crippen molar-refractivity contribution in [1.82, 2.24) is 4.90 Å². The van der Waals surface area contributed by atoms with Crippen LogP contribution in [-0.2, 0) is 0 Å². The summed E-state index contributed by atoms with van der Waals surface area (Å²) in [6, 6.07) is 3.25. The van der Waals surface area contributed by atoms with Gasteiger partial charge in [0.15, 0.2) is 0 Å². The third-order valence-electron chi connectivity index (χ3n) is 3.96. The van der Waals surface area contributed by atoms with E-state index in [4.69, 9.17) is 5.73 Å². The molecule has 17 heavy (non-hydrogen) atoms. The first-order valence-corrected chi connectivity index (χ1v) is 8.00. The van der Waals surface area contributed by atoms with Crippen LogP contribution >= 0.6 is 27.3 Å². The molecule has 1 saturated heterocycles. The number of piperidine rings is 1. The zero-order chi connectivity index (χ0) is 12.4. The fourth-order valence-electron chi connectivity index (χ4n) is 2.73. The Morgan fingerprint density at radius 2 is 2.35 bits per heavy atom. The molecule has 0 aromatic carbocycles. The normalized spacial score (nSPS) is 28.2. The topological polar surface area (TPSA) is 29.3 Å². The molecule has 0 spiro atoms. The van der Waals surface area contributed by atoms with Gasteiger partial charge >= 0.3 is 0 Å². The van der Waals surface area contributed by atoms with Crippen LogP contribution in [-0.4, -0.2) is 24.0 Å². The highest BCUT2D eigenvalue weighted by atomic mass is 79.9. The molecule has 2 nitrogen and oxygen atoms in total. The molecule has 2 rings (SSSR count). The van der Waals surface area contributed by atoms with E-state index in [1.54, 1.807) is 0 Å². The highest BCUT2D eigenvalue weighted by molar-refractivity contribution is 9.10. The van der Waals surface area contributed by atoms with Crippen molar-refractivity contribution in [3.8, 4) is 0 Å². The van der Waals surface area contributed by atoms with E-state index in [2.05, 4.69) is 46.1 Å². The third kappa shape index (κ3) is 2.92. The minimum absolute atomic E-state index is 0.393. The molecular formula is C13H21BrN2S. The molecule has 2 N–H and O–H groups in total. The smallest absolute Gasteiger partial charge is 0.0567 e. The van der Waals surface area contributed by atoms with E-state index in [9.17, 15) is 0 Å². The Balaban J connectivity index is 2.17. The van der Waals surface area contributed by atoms with Gasteiger partial charge in [-0.05, 0) is 54.2 Å². The molecule has 0 aliphatic carbocycles. The zero-order valence-corrected chi connectivity index (χ0v) is 12.9. The quantitative estimate of drug-likeness (QED) is 0.922. The monoisotopic (exact) mass is 316 g/mol. The zero-order valence-electron chi connectivity index (χ0n) is 10.5. The number of nitrogens with two attached hydrogens (primary N) is 1. The molecule has 4 heteroatoms. The molecule has 1 aliphatic heterocycles. The van der Waals surface area contributed by atoms with E-state index in [0.717, 1.165) is 5.92 Å². The largest absolute Gasteiger partial charge is 0.329 e. The summed E-state index contributed by atoms with van der Waals surface area (Å²) in [6.07, 6.45) is 2.65. The Morgan fingerprint density at radius 3 is 2.94 bits per heavy atom. The Kier molecular flexibility index (Phi) is 4.64. The fourth-order valence-corrected chi connectivity index (χ4v) is 4.30. The van der Waals surface area contributed by atoms with Gasteiger partial charge in [-0.3, -0.25) is 4.90 Å². The number of hydrogen-bond donors (Lipinski definition) is 1. The molecule has 96 valence electrons. The molecule has 1 fully saturated rings. The first-order valence-electron chi connectivity index (χ1n) is 6.33. The van der Waals surface area contributed by atoms with E-state index in [1.165, 1.54) is 28.7 Å². The second kappa shape index (κ2) is 5.83. The highest BCUT2D eigenvalue weighted by Crippen LogP contribution is 2.34. The molecule has 0 bridgehead atoms. The van der Waals surface area contributed by atoms with Gasteiger partial charge in [-0.1, -0.05) is 6.92 Å². The summed E-state index contributed by atoms with van der Waals surface area (Å²) < 4.78 is 1.17. The molecule has 1 aromatic heterocycles. The number of thiophene rings is 1. The number of nitrogens with zero attached hydrogens (tertiary/aromatic N) is 1. The average molecular weight is 317 g/mol. The predicted molar refractivity (Wildman–Crippen MR) is 78.4 cm³/mol. The maximum Gasteiger partial charge on any atom is 0.0567 e. The van der Waals surface area contributed by atoms with Gasteiger partial charge in [0.1, 0.15) is 0 Å². The summed E-state index contributed by atoms with van der Waals surface area (Å²) in [5, 5.41) is 2.15. The lowest BCUT2D eigenvalue weighted by Crippen LogP contribution is -2.46. The first kappa shape index (κ1) is 13.5. The Morgan fingerprint density at radius 1 is 1.59 bits per heavy atom. The number of likely N-dealkylation sites (tertiary alicyclic amines) is 1. The number of rotatable bonds is 3. The van der Waals surface area contributed by atoms with Crippen LogP contribution in [0.15, 0.2) is 15.9 Å².